The third kappa shape index (κ3) is 3.24. The number of likely N-dealkylation sites (N-methyl/N-ethyl adjacent to an activating group) is 1. The highest BCUT2D eigenvalue weighted by Crippen LogP contribution is 1.88. The first-order valence-corrected chi connectivity index (χ1v) is 2.87. The smallest absolute Gasteiger partial charge is 0.283 e. The Morgan fingerprint density at radius 1 is 1.45 bits per heavy atom. The average Bonchev–Trinajstić information content (AvgIpc) is 1.87. The number of rotatable bonds is 2. The Morgan fingerprint density at radius 2 is 1.91 bits per heavy atom. The first-order valence-electron chi connectivity index (χ1n) is 2.87. The molecule has 0 saturated carbocycles. The molecule has 0 saturated heterocycles. The van der Waals surface area contributed by atoms with Crippen molar-refractivity contribution in [2.45, 2.75) is 0 Å². The third-order valence-corrected chi connectivity index (χ3v) is 0.953. The molecule has 0 spiro atoms. The summed E-state index contributed by atoms with van der Waals surface area (Å²) in [6.07, 6.45) is 0.766. The van der Waals surface area contributed by atoms with E-state index < -0.39 is 17.6 Å². The molecule has 0 aliphatic rings. The third-order valence-electron chi connectivity index (χ3n) is 0.953. The summed E-state index contributed by atoms with van der Waals surface area (Å²) in [6.45, 7) is 0. The summed E-state index contributed by atoms with van der Waals surface area (Å²) in [5.41, 5.74) is 4.66. The van der Waals surface area contributed by atoms with Gasteiger partial charge in [-0.2, -0.15) is 0 Å². The van der Waals surface area contributed by atoms with Crippen LogP contribution in [0, 0.1) is 0 Å². The number of carbonyl (C=O) groups is 2. The van der Waals surface area contributed by atoms with Crippen molar-refractivity contribution in [1.82, 2.24) is 4.90 Å². The van der Waals surface area contributed by atoms with Crippen LogP contribution in [0.2, 0.25) is 0 Å². The fourth-order valence-corrected chi connectivity index (χ4v) is 0.317. The molecule has 0 atom stereocenters. The lowest BCUT2D eigenvalue weighted by Gasteiger charge is -2.05. The Bertz CT molecular complexity index is 208. The maximum atomic E-state index is 10.7. The van der Waals surface area contributed by atoms with Crippen LogP contribution in [-0.4, -0.2) is 35.9 Å². The molecule has 11 heavy (non-hydrogen) atoms. The highest BCUT2D eigenvalue weighted by atomic mass is 16.3. The lowest BCUT2D eigenvalue weighted by molar-refractivity contribution is -0.124. The van der Waals surface area contributed by atoms with Gasteiger partial charge in [-0.25, -0.2) is 0 Å². The van der Waals surface area contributed by atoms with Crippen LogP contribution < -0.4 is 5.73 Å². The van der Waals surface area contributed by atoms with E-state index in [1.807, 2.05) is 0 Å². The Labute approximate surface area is 64.1 Å². The van der Waals surface area contributed by atoms with Gasteiger partial charge in [-0.1, -0.05) is 0 Å². The van der Waals surface area contributed by atoms with Gasteiger partial charge >= 0.3 is 0 Å². The van der Waals surface area contributed by atoms with Crippen LogP contribution in [-0.2, 0) is 9.59 Å². The Morgan fingerprint density at radius 3 is 2.18 bits per heavy atom. The topological polar surface area (TPSA) is 83.6 Å². The Kier molecular flexibility index (Phi) is 3.10. The number of nitrogens with zero attached hydrogens (tertiary/aromatic N) is 1. The van der Waals surface area contributed by atoms with E-state index in [1.165, 1.54) is 19.0 Å². The molecule has 2 amide bonds. The fraction of sp³-hybridized carbons (Fsp3) is 0.333. The van der Waals surface area contributed by atoms with Crippen molar-refractivity contribution >= 4 is 11.8 Å². The maximum absolute atomic E-state index is 10.7. The van der Waals surface area contributed by atoms with Gasteiger partial charge in [0.1, 0.15) is 0 Å². The zero-order valence-electron chi connectivity index (χ0n) is 6.37. The molecule has 0 fully saturated rings. The van der Waals surface area contributed by atoms with Crippen molar-refractivity contribution < 1.29 is 14.7 Å². The molecule has 3 N–H and O–H groups in total. The molecule has 0 aliphatic heterocycles. The molecule has 0 unspecified atom stereocenters. The van der Waals surface area contributed by atoms with E-state index in [2.05, 4.69) is 5.73 Å². The van der Waals surface area contributed by atoms with Crippen LogP contribution in [0.4, 0.5) is 0 Å². The van der Waals surface area contributed by atoms with Crippen molar-refractivity contribution in [2.24, 2.45) is 5.73 Å². The van der Waals surface area contributed by atoms with Crippen LogP contribution in [0.5, 0.6) is 0 Å². The highest BCUT2D eigenvalue weighted by molar-refractivity contribution is 5.98. The lowest BCUT2D eigenvalue weighted by atomic mass is 10.4. The van der Waals surface area contributed by atoms with Crippen LogP contribution in [0.25, 0.3) is 0 Å². The molecule has 5 heteroatoms. The zero-order chi connectivity index (χ0) is 9.02. The molecular formula is C6H10N2O3. The van der Waals surface area contributed by atoms with Gasteiger partial charge in [-0.15, -0.1) is 0 Å². The van der Waals surface area contributed by atoms with Gasteiger partial charge in [0, 0.05) is 14.1 Å². The van der Waals surface area contributed by atoms with E-state index in [1.54, 1.807) is 0 Å². The van der Waals surface area contributed by atoms with Crippen molar-refractivity contribution in [2.75, 3.05) is 14.1 Å². The normalized spacial score (nSPS) is 10.9. The molecule has 0 heterocycles. The Balaban J connectivity index is 4.32. The van der Waals surface area contributed by atoms with E-state index in [0.29, 0.717) is 0 Å². The molecular weight excluding hydrogens is 148 g/mol. The minimum absolute atomic E-state index is 0.485. The van der Waals surface area contributed by atoms with Gasteiger partial charge in [0.25, 0.3) is 5.91 Å². The first kappa shape index (κ1) is 9.48. The standard InChI is InChI=1S/C6H10N2O3/c1-8(2)5(10)3-4(9)6(7)11/h3,9H,1-2H3,(H2,7,11)/b4-3-. The van der Waals surface area contributed by atoms with E-state index in [0.717, 1.165) is 6.08 Å². The van der Waals surface area contributed by atoms with E-state index >= 15 is 0 Å². The fourth-order valence-electron chi connectivity index (χ4n) is 0.317. The number of amides is 2. The molecule has 0 bridgehead atoms. The summed E-state index contributed by atoms with van der Waals surface area (Å²) < 4.78 is 0. The number of primary amides is 1. The second kappa shape index (κ2) is 3.60. The molecule has 5 nitrogen and oxygen atoms in total. The number of aliphatic hydroxyl groups excluding tert-OH is 1. The van der Waals surface area contributed by atoms with Gasteiger partial charge < -0.3 is 15.7 Å². The largest absolute Gasteiger partial charge is 0.503 e. The summed E-state index contributed by atoms with van der Waals surface area (Å²) in [5, 5.41) is 8.68. The summed E-state index contributed by atoms with van der Waals surface area (Å²) in [7, 11) is 2.99. The van der Waals surface area contributed by atoms with Crippen LogP contribution in [0.15, 0.2) is 11.8 Å². The average molecular weight is 158 g/mol. The van der Waals surface area contributed by atoms with Crippen molar-refractivity contribution in [3.05, 3.63) is 11.8 Å². The predicted molar refractivity (Wildman–Crippen MR) is 38.6 cm³/mol. The van der Waals surface area contributed by atoms with Crippen LogP contribution >= 0.6 is 0 Å². The van der Waals surface area contributed by atoms with Gasteiger partial charge in [0.2, 0.25) is 5.91 Å². The molecule has 0 aromatic rings. The number of hydrogen-bond acceptors (Lipinski definition) is 3. The van der Waals surface area contributed by atoms with E-state index in [-0.39, 0.29) is 0 Å². The second-order valence-corrected chi connectivity index (χ2v) is 2.13. The summed E-state index contributed by atoms with van der Waals surface area (Å²) in [4.78, 5) is 22.1. The van der Waals surface area contributed by atoms with Gasteiger partial charge in [-0.05, 0) is 0 Å². The minimum atomic E-state index is -1.01. The molecule has 62 valence electrons. The predicted octanol–water partition coefficient (Wildman–Crippen LogP) is -0.998. The second-order valence-electron chi connectivity index (χ2n) is 2.13. The molecule has 0 aromatic heterocycles. The minimum Gasteiger partial charge on any atom is -0.503 e. The van der Waals surface area contributed by atoms with Crippen molar-refractivity contribution in [3.63, 3.8) is 0 Å². The van der Waals surface area contributed by atoms with Gasteiger partial charge in [0.05, 0.1) is 6.08 Å². The Hall–Kier alpha value is -1.52. The molecule has 0 aromatic carbocycles. The maximum Gasteiger partial charge on any atom is 0.283 e. The number of aliphatic hydroxyl groups is 1. The van der Waals surface area contributed by atoms with Crippen molar-refractivity contribution in [1.29, 1.82) is 0 Å². The molecule has 0 radical (unpaired) electrons. The van der Waals surface area contributed by atoms with Crippen molar-refractivity contribution in [3.8, 4) is 0 Å². The lowest BCUT2D eigenvalue weighted by Crippen LogP contribution is -2.22. The zero-order valence-corrected chi connectivity index (χ0v) is 6.37. The molecule has 0 aliphatic carbocycles. The summed E-state index contributed by atoms with van der Waals surface area (Å²) in [6, 6.07) is 0. The first-order chi connectivity index (χ1) is 4.95. The summed E-state index contributed by atoms with van der Waals surface area (Å²) >= 11 is 0. The van der Waals surface area contributed by atoms with Crippen LogP contribution in [0.3, 0.4) is 0 Å². The number of hydrogen-bond donors (Lipinski definition) is 2. The quantitative estimate of drug-likeness (QED) is 0.399. The van der Waals surface area contributed by atoms with Gasteiger partial charge in [-0.3, -0.25) is 9.59 Å². The highest BCUT2D eigenvalue weighted by Gasteiger charge is 2.05. The van der Waals surface area contributed by atoms with Crippen LogP contribution in [0.1, 0.15) is 0 Å². The SMILES string of the molecule is CN(C)C(=O)/C=C(\O)C(N)=O. The number of nitrogens with two attached hydrogens (primary N) is 1. The van der Waals surface area contributed by atoms with E-state index in [9.17, 15) is 9.59 Å². The summed E-state index contributed by atoms with van der Waals surface area (Å²) in [5.74, 6) is -2.23. The van der Waals surface area contributed by atoms with Gasteiger partial charge in [0.15, 0.2) is 5.76 Å². The van der Waals surface area contributed by atoms with E-state index in [4.69, 9.17) is 5.11 Å². The number of carbonyl (C=O) groups excluding carboxylic acids is 2. The molecule has 0 rings (SSSR count). The monoisotopic (exact) mass is 158 g/mol.